The van der Waals surface area contributed by atoms with Gasteiger partial charge in [-0.3, -0.25) is 0 Å². The van der Waals surface area contributed by atoms with E-state index in [0.717, 1.165) is 125 Å². The maximum atomic E-state index is 2.68. The highest BCUT2D eigenvalue weighted by molar-refractivity contribution is 7.26. The van der Waals surface area contributed by atoms with Crippen LogP contribution in [0.1, 0.15) is 0 Å². The number of fused-ring (bicyclic) bond motifs is 14. The summed E-state index contributed by atoms with van der Waals surface area (Å²) >= 11 is 3.73. The van der Waals surface area contributed by atoms with Gasteiger partial charge in [0, 0.05) is 115 Å². The summed E-state index contributed by atoms with van der Waals surface area (Å²) < 4.78 is 4.99. The van der Waals surface area contributed by atoms with Gasteiger partial charge in [-0.1, -0.05) is 267 Å². The molecule has 0 bridgehead atoms. The minimum Gasteiger partial charge on any atom is -0.311 e. The topological polar surface area (TPSA) is 19.4 Å². The molecule has 2 aromatic heterocycles. The van der Waals surface area contributed by atoms with Crippen LogP contribution in [0.4, 0.5) is 102 Å². The molecule has 0 amide bonds. The summed E-state index contributed by atoms with van der Waals surface area (Å²) in [5.74, 6) is 0. The van der Waals surface area contributed by atoms with Gasteiger partial charge in [0.2, 0.25) is 0 Å². The van der Waals surface area contributed by atoms with E-state index in [4.69, 9.17) is 0 Å². The molecule has 4 aliphatic rings. The lowest BCUT2D eigenvalue weighted by molar-refractivity contribution is 1.22. The third-order valence-corrected chi connectivity index (χ3v) is 25.7. The molecular formula is C102H66B2N6S2. The standard InChI is InChI=1S/C102H66B2N6S2/c1-7-33-67(34-8-1)75-45-19-25-52-84(75)109-90-66-91-83(65-82(90)103-80-50-23-27-54-86(80)107(71-41-15-5-16-42-71)92-61-73(63-94(109)100(92)103)105(69-37-11-3-12-38-69)88-56-32-60-98-99(88)79-48-22-30-59-97(79)111-98)104-81-51-24-28-55-87(81)108(72-43-17-6-18-44-72)93-62-74(64-95(101(93)104)110(91)85-53-26-20-46-76(85)68-35-9-2-10-36-68)106(70-39-13-4-14-40-70)89-57-31-49-78-77-47-21-29-58-96(77)112-102(78)89/h1-66H. The van der Waals surface area contributed by atoms with Crippen molar-refractivity contribution in [1.82, 2.24) is 0 Å². The minimum atomic E-state index is -0.255. The summed E-state index contributed by atoms with van der Waals surface area (Å²) in [6.07, 6.45) is 0. The molecule has 0 saturated carbocycles. The number of hydrogen-bond acceptors (Lipinski definition) is 8. The van der Waals surface area contributed by atoms with E-state index in [9.17, 15) is 0 Å². The van der Waals surface area contributed by atoms with Gasteiger partial charge in [-0.2, -0.15) is 0 Å². The van der Waals surface area contributed by atoms with Gasteiger partial charge in [0.15, 0.2) is 0 Å². The Labute approximate surface area is 658 Å². The van der Waals surface area contributed by atoms with Gasteiger partial charge < -0.3 is 29.4 Å². The summed E-state index contributed by atoms with van der Waals surface area (Å²) in [6, 6.07) is 150. The van der Waals surface area contributed by atoms with Crippen LogP contribution < -0.4 is 62.2 Å². The van der Waals surface area contributed by atoms with Crippen molar-refractivity contribution in [3.05, 3.63) is 400 Å². The van der Waals surface area contributed by atoms with Crippen molar-refractivity contribution in [1.29, 1.82) is 0 Å². The number of hydrogen-bond donors (Lipinski definition) is 0. The molecular weight excluding hydrogens is 1390 g/mol. The van der Waals surface area contributed by atoms with Gasteiger partial charge in [-0.25, -0.2) is 0 Å². The van der Waals surface area contributed by atoms with Crippen LogP contribution in [-0.2, 0) is 0 Å². The smallest absolute Gasteiger partial charge is 0.252 e. The van der Waals surface area contributed by atoms with Crippen molar-refractivity contribution >= 4 is 212 Å². The largest absolute Gasteiger partial charge is 0.311 e. The monoisotopic (exact) mass is 1460 g/mol. The molecule has 6 nitrogen and oxygen atoms in total. The fraction of sp³-hybridized carbons (Fsp3) is 0. The van der Waals surface area contributed by atoms with Crippen molar-refractivity contribution in [3.8, 4) is 22.3 Å². The normalized spacial score (nSPS) is 12.9. The average molecular weight is 1460 g/mol. The predicted molar refractivity (Wildman–Crippen MR) is 481 cm³/mol. The predicted octanol–water partition coefficient (Wildman–Crippen LogP) is 24.9. The Morgan fingerprint density at radius 3 is 1.12 bits per heavy atom. The van der Waals surface area contributed by atoms with E-state index in [0.29, 0.717) is 0 Å². The first-order chi connectivity index (χ1) is 55.6. The van der Waals surface area contributed by atoms with Crippen LogP contribution in [0.5, 0.6) is 0 Å². The Hall–Kier alpha value is -13.9. The lowest BCUT2D eigenvalue weighted by atomic mass is 9.30. The number of benzene rings is 17. The molecule has 19 aromatic rings. The molecule has 0 radical (unpaired) electrons. The van der Waals surface area contributed by atoms with E-state index in [-0.39, 0.29) is 13.4 Å². The Balaban J connectivity index is 0.870. The second-order valence-electron chi connectivity index (χ2n) is 29.4. The summed E-state index contributed by atoms with van der Waals surface area (Å²) in [4.78, 5) is 15.5. The first-order valence-corrected chi connectivity index (χ1v) is 40.1. The van der Waals surface area contributed by atoms with Crippen LogP contribution in [-0.4, -0.2) is 13.4 Å². The van der Waals surface area contributed by atoms with Crippen molar-refractivity contribution in [3.63, 3.8) is 0 Å². The molecule has 6 heterocycles. The second kappa shape index (κ2) is 25.9. The average Bonchev–Trinajstić information content (AvgIpc) is 0.723. The second-order valence-corrected chi connectivity index (χ2v) is 31.5. The Morgan fingerprint density at radius 1 is 0.223 bits per heavy atom. The maximum absolute atomic E-state index is 2.68. The van der Waals surface area contributed by atoms with Crippen LogP contribution in [0.3, 0.4) is 0 Å². The number of para-hydroxylation sites is 8. The Morgan fingerprint density at radius 2 is 0.598 bits per heavy atom. The van der Waals surface area contributed by atoms with E-state index in [2.05, 4.69) is 430 Å². The summed E-state index contributed by atoms with van der Waals surface area (Å²) in [7, 11) is 0. The zero-order chi connectivity index (χ0) is 73.5. The number of thiophene rings is 2. The van der Waals surface area contributed by atoms with Gasteiger partial charge in [0.1, 0.15) is 0 Å². The van der Waals surface area contributed by atoms with Crippen LogP contribution in [0, 0.1) is 0 Å². The van der Waals surface area contributed by atoms with Crippen LogP contribution in [0.15, 0.2) is 400 Å². The molecule has 10 heteroatoms. The molecule has 23 rings (SSSR count). The molecule has 0 fully saturated rings. The zero-order valence-corrected chi connectivity index (χ0v) is 62.4. The Bertz CT molecular complexity index is 6950. The highest BCUT2D eigenvalue weighted by Crippen LogP contribution is 2.56. The number of rotatable bonds is 12. The molecule has 0 saturated heterocycles. The van der Waals surface area contributed by atoms with Crippen molar-refractivity contribution < 1.29 is 0 Å². The first kappa shape index (κ1) is 64.1. The van der Waals surface area contributed by atoms with E-state index >= 15 is 0 Å². The van der Waals surface area contributed by atoms with Gasteiger partial charge >= 0.3 is 0 Å². The Kier molecular flexibility index (Phi) is 14.8. The fourth-order valence-electron chi connectivity index (χ4n) is 18.8. The molecule has 0 aliphatic carbocycles. The minimum absolute atomic E-state index is 0.255. The number of nitrogens with zero attached hydrogens (tertiary/aromatic N) is 6. The van der Waals surface area contributed by atoms with Crippen LogP contribution in [0.25, 0.3) is 62.6 Å². The van der Waals surface area contributed by atoms with Gasteiger partial charge in [-0.05, 0) is 177 Å². The zero-order valence-electron chi connectivity index (χ0n) is 60.8. The van der Waals surface area contributed by atoms with Gasteiger partial charge in [0.05, 0.1) is 38.8 Å². The van der Waals surface area contributed by atoms with E-state index in [1.54, 1.807) is 0 Å². The molecule has 0 N–H and O–H groups in total. The molecule has 4 aliphatic heterocycles. The highest BCUT2D eigenvalue weighted by atomic mass is 32.1. The third kappa shape index (κ3) is 9.92. The third-order valence-electron chi connectivity index (χ3n) is 23.3. The van der Waals surface area contributed by atoms with Crippen molar-refractivity contribution in [2.75, 3.05) is 29.4 Å². The fourth-order valence-corrected chi connectivity index (χ4v) is 21.1. The summed E-state index contributed by atoms with van der Waals surface area (Å²) in [5.41, 5.74) is 31.6. The molecule has 0 spiro atoms. The molecule has 522 valence electrons. The quantitative estimate of drug-likeness (QED) is 0.113. The van der Waals surface area contributed by atoms with Gasteiger partial charge in [-0.15, -0.1) is 22.7 Å². The van der Waals surface area contributed by atoms with Crippen molar-refractivity contribution in [2.45, 2.75) is 0 Å². The lowest BCUT2D eigenvalue weighted by Crippen LogP contribution is -2.65. The van der Waals surface area contributed by atoms with Crippen LogP contribution in [0.2, 0.25) is 0 Å². The van der Waals surface area contributed by atoms with E-state index in [1.807, 2.05) is 22.7 Å². The molecule has 112 heavy (non-hydrogen) atoms. The number of anilines is 18. The highest BCUT2D eigenvalue weighted by Gasteiger charge is 2.50. The summed E-state index contributed by atoms with van der Waals surface area (Å²) in [6.45, 7) is -0.510. The van der Waals surface area contributed by atoms with Crippen molar-refractivity contribution in [2.24, 2.45) is 0 Å². The SMILES string of the molecule is c1ccc(-c2ccccc2N2c3cc4c(cc3B3c5ccccc5N(c5ccccc5)c5cc(N(c6ccccc6)c6cccc7c6sc6ccccc67)cc2c53)B2c3ccccc3N(c3ccccc3)c3cc(N(c5ccccc5)c5cccc6sc7ccccc7c56)cc(c32)N4c2ccccc2-c2ccccc2)cc1. The molecule has 0 unspecified atom stereocenters. The van der Waals surface area contributed by atoms with E-state index in [1.165, 1.54) is 73.1 Å². The molecule has 17 aromatic carbocycles. The lowest BCUT2D eigenvalue weighted by Gasteiger charge is -2.48. The maximum Gasteiger partial charge on any atom is 0.252 e. The van der Waals surface area contributed by atoms with Crippen LogP contribution >= 0.6 is 22.7 Å². The molecule has 0 atom stereocenters. The summed E-state index contributed by atoms with van der Waals surface area (Å²) in [5, 5.41) is 4.97. The van der Waals surface area contributed by atoms with E-state index < -0.39 is 0 Å². The first-order valence-electron chi connectivity index (χ1n) is 38.5. The van der Waals surface area contributed by atoms with Gasteiger partial charge in [0.25, 0.3) is 13.4 Å².